The summed E-state index contributed by atoms with van der Waals surface area (Å²) in [5.41, 5.74) is 0. The Kier molecular flexibility index (Phi) is 64.6. The van der Waals surface area contributed by atoms with Crippen LogP contribution in [0.25, 0.3) is 0 Å². The van der Waals surface area contributed by atoms with Gasteiger partial charge in [0.15, 0.2) is 0 Å². The molecule has 0 aromatic heterocycles. The van der Waals surface area contributed by atoms with Gasteiger partial charge in [-0.05, 0) is 13.8 Å². The molecule has 0 fully saturated rings. The van der Waals surface area contributed by atoms with Gasteiger partial charge in [-0.25, -0.2) is 0 Å². The van der Waals surface area contributed by atoms with E-state index in [1.807, 2.05) is 39.8 Å². The molecular weight excluding hydrogens is 161 g/mol. The Bertz CT molecular complexity index is 19.4. The van der Waals surface area contributed by atoms with Crippen molar-refractivity contribution in [3.63, 3.8) is 0 Å². The van der Waals surface area contributed by atoms with Crippen LogP contribution in [0, 0.1) is 0 Å². The Morgan fingerprint density at radius 1 is 0.857 bits per heavy atom. The van der Waals surface area contributed by atoms with Gasteiger partial charge < -0.3 is 0 Å². The summed E-state index contributed by atoms with van der Waals surface area (Å²) in [5, 5.41) is 0. The molecule has 0 unspecified atom stereocenters. The van der Waals surface area contributed by atoms with Crippen LogP contribution in [-0.4, -0.2) is 0 Å². The molecule has 0 bridgehead atoms. The van der Waals surface area contributed by atoms with Crippen LogP contribution in [0.5, 0.6) is 0 Å². The molecule has 0 rings (SSSR count). The zero-order chi connectivity index (χ0) is 5.41. The number of rotatable bonds is 0. The van der Waals surface area contributed by atoms with Crippen molar-refractivity contribution in [2.45, 2.75) is 27.7 Å². The molecule has 0 saturated heterocycles. The Labute approximate surface area is 72.3 Å². The third-order valence-electron chi connectivity index (χ3n) is 0.333. The summed E-state index contributed by atoms with van der Waals surface area (Å²) < 4.78 is 0. The standard InChI is InChI=1S/C4H8.C2H6.Y/c1-3-4-2;1-2;/h3-4H,1-2H3;1-2H3;/b4-3-;;. The molecule has 1 heteroatoms. The molecule has 7 heavy (non-hydrogen) atoms. The molecule has 0 nitrogen and oxygen atoms in total. The number of allylic oxidation sites excluding steroid dienone is 2. The van der Waals surface area contributed by atoms with Crippen molar-refractivity contribution < 1.29 is 32.7 Å². The van der Waals surface area contributed by atoms with Crippen molar-refractivity contribution in [2.75, 3.05) is 0 Å². The molecule has 0 aromatic carbocycles. The third kappa shape index (κ3) is 47.2. The molecule has 0 spiro atoms. The van der Waals surface area contributed by atoms with Crippen LogP contribution in [0.4, 0.5) is 0 Å². The smallest absolute Gasteiger partial charge is 0 e. The second-order valence-corrected chi connectivity index (χ2v) is 0.667. The van der Waals surface area contributed by atoms with Crippen LogP contribution < -0.4 is 0 Å². The maximum Gasteiger partial charge on any atom is 0 e. The first-order valence-corrected chi connectivity index (χ1v) is 2.49. The largest absolute Gasteiger partial charge is 0.0919 e. The molecule has 0 amide bonds. The minimum absolute atomic E-state index is 0. The molecule has 0 heterocycles. The molecule has 0 saturated carbocycles. The van der Waals surface area contributed by atoms with E-state index in [-0.39, 0.29) is 32.7 Å². The maximum atomic E-state index is 2.00. The van der Waals surface area contributed by atoms with E-state index >= 15 is 0 Å². The summed E-state index contributed by atoms with van der Waals surface area (Å²) in [6.07, 6.45) is 4.00. The van der Waals surface area contributed by atoms with Crippen molar-refractivity contribution in [2.24, 2.45) is 0 Å². The molecule has 0 atom stereocenters. The normalized spacial score (nSPS) is 6.29. The van der Waals surface area contributed by atoms with E-state index in [2.05, 4.69) is 0 Å². The van der Waals surface area contributed by atoms with Gasteiger partial charge in [-0.2, -0.15) is 0 Å². The van der Waals surface area contributed by atoms with Crippen molar-refractivity contribution in [1.29, 1.82) is 0 Å². The minimum Gasteiger partial charge on any atom is -0.0919 e. The molecular formula is C6H14Y. The average Bonchev–Trinajstić information content (AvgIpc) is 1.72. The SMILES string of the molecule is C/C=C\C.CC.[Y]. The van der Waals surface area contributed by atoms with Crippen molar-refractivity contribution >= 4 is 0 Å². The van der Waals surface area contributed by atoms with Gasteiger partial charge in [-0.3, -0.25) is 0 Å². The maximum absolute atomic E-state index is 2.00. The predicted octanol–water partition coefficient (Wildman–Crippen LogP) is 2.61. The van der Waals surface area contributed by atoms with Gasteiger partial charge in [0.2, 0.25) is 0 Å². The Morgan fingerprint density at radius 2 is 1.00 bits per heavy atom. The molecule has 0 aliphatic heterocycles. The van der Waals surface area contributed by atoms with Crippen LogP contribution in [0.1, 0.15) is 27.7 Å². The molecule has 0 aromatic rings. The monoisotopic (exact) mass is 175 g/mol. The van der Waals surface area contributed by atoms with Crippen LogP contribution in [-0.2, 0) is 32.7 Å². The summed E-state index contributed by atoms with van der Waals surface area (Å²) >= 11 is 0. The van der Waals surface area contributed by atoms with Crippen LogP contribution >= 0.6 is 0 Å². The van der Waals surface area contributed by atoms with Gasteiger partial charge >= 0.3 is 0 Å². The van der Waals surface area contributed by atoms with E-state index in [1.165, 1.54) is 0 Å². The third-order valence-corrected chi connectivity index (χ3v) is 0.333. The second-order valence-electron chi connectivity index (χ2n) is 0.667. The average molecular weight is 175 g/mol. The van der Waals surface area contributed by atoms with Crippen LogP contribution in [0.15, 0.2) is 12.2 Å². The fourth-order valence-corrected chi connectivity index (χ4v) is 0. The van der Waals surface area contributed by atoms with Gasteiger partial charge in [-0.1, -0.05) is 26.0 Å². The van der Waals surface area contributed by atoms with E-state index in [1.54, 1.807) is 0 Å². The van der Waals surface area contributed by atoms with Gasteiger partial charge in [-0.15, -0.1) is 0 Å². The first-order chi connectivity index (χ1) is 2.91. The Morgan fingerprint density at radius 3 is 1.00 bits per heavy atom. The van der Waals surface area contributed by atoms with Gasteiger partial charge in [0.25, 0.3) is 0 Å². The second kappa shape index (κ2) is 28.9. The molecule has 41 valence electrons. The molecule has 1 radical (unpaired) electrons. The van der Waals surface area contributed by atoms with E-state index in [0.29, 0.717) is 0 Å². The fraction of sp³-hybridized carbons (Fsp3) is 0.667. The molecule has 0 aliphatic carbocycles. The van der Waals surface area contributed by atoms with E-state index in [0.717, 1.165) is 0 Å². The summed E-state index contributed by atoms with van der Waals surface area (Å²) in [6, 6.07) is 0. The first-order valence-electron chi connectivity index (χ1n) is 2.49. The Balaban J connectivity index is -0.0000000480. The summed E-state index contributed by atoms with van der Waals surface area (Å²) in [6.45, 7) is 8.00. The van der Waals surface area contributed by atoms with E-state index < -0.39 is 0 Å². The summed E-state index contributed by atoms with van der Waals surface area (Å²) in [5.74, 6) is 0. The minimum atomic E-state index is 0. The van der Waals surface area contributed by atoms with Gasteiger partial charge in [0.05, 0.1) is 0 Å². The van der Waals surface area contributed by atoms with Crippen LogP contribution in [0.3, 0.4) is 0 Å². The number of hydrogen-bond donors (Lipinski definition) is 0. The van der Waals surface area contributed by atoms with Crippen LogP contribution in [0.2, 0.25) is 0 Å². The van der Waals surface area contributed by atoms with E-state index in [4.69, 9.17) is 0 Å². The predicted molar refractivity (Wildman–Crippen MR) is 31.8 cm³/mol. The van der Waals surface area contributed by atoms with Crippen molar-refractivity contribution in [3.8, 4) is 0 Å². The zero-order valence-corrected chi connectivity index (χ0v) is 8.57. The molecule has 0 N–H and O–H groups in total. The quantitative estimate of drug-likeness (QED) is 0.496. The Hall–Kier alpha value is 0.844. The van der Waals surface area contributed by atoms with E-state index in [9.17, 15) is 0 Å². The fourth-order valence-electron chi connectivity index (χ4n) is 0. The van der Waals surface area contributed by atoms with Gasteiger partial charge in [0.1, 0.15) is 0 Å². The van der Waals surface area contributed by atoms with Gasteiger partial charge in [0, 0.05) is 32.7 Å². The molecule has 0 aliphatic rings. The topological polar surface area (TPSA) is 0 Å². The summed E-state index contributed by atoms with van der Waals surface area (Å²) in [7, 11) is 0. The zero-order valence-electron chi connectivity index (χ0n) is 5.73. The first kappa shape index (κ1) is 15.7. The summed E-state index contributed by atoms with van der Waals surface area (Å²) in [4.78, 5) is 0. The van der Waals surface area contributed by atoms with Crippen molar-refractivity contribution in [1.82, 2.24) is 0 Å². The van der Waals surface area contributed by atoms with Crippen molar-refractivity contribution in [3.05, 3.63) is 12.2 Å². The number of hydrogen-bond acceptors (Lipinski definition) is 0.